The van der Waals surface area contributed by atoms with E-state index in [1.54, 1.807) is 9.80 Å². The fourth-order valence-electron chi connectivity index (χ4n) is 4.43. The highest BCUT2D eigenvalue weighted by molar-refractivity contribution is 6.31. The monoisotopic (exact) mass is 531 g/mol. The number of nitrogens with zero attached hydrogens (tertiary/aromatic N) is 4. The molecular formula is C22H26ClF4N7O2. The maximum Gasteiger partial charge on any atom is 0.416 e. The molecule has 0 radical (unpaired) electrons. The number of hydrogen-bond acceptors (Lipinski definition) is 7. The summed E-state index contributed by atoms with van der Waals surface area (Å²) in [4.78, 5) is 32.9. The maximum absolute atomic E-state index is 14.4. The molecule has 0 spiro atoms. The first-order valence-corrected chi connectivity index (χ1v) is 11.5. The van der Waals surface area contributed by atoms with Gasteiger partial charge in [0.1, 0.15) is 12.4 Å². The van der Waals surface area contributed by atoms with E-state index in [4.69, 9.17) is 22.1 Å². The first kappa shape index (κ1) is 27.2. The van der Waals surface area contributed by atoms with Crippen LogP contribution in [0.4, 0.5) is 34.9 Å². The number of aromatic nitrogens is 2. The molecule has 2 aliphatic heterocycles. The van der Waals surface area contributed by atoms with Crippen molar-refractivity contribution in [2.75, 3.05) is 35.6 Å². The minimum Gasteiger partial charge on any atom is -0.381 e. The number of alkyl halides is 3. The minimum absolute atomic E-state index is 0.0680. The lowest BCUT2D eigenvalue weighted by Crippen LogP contribution is -2.56. The number of carbonyl (C=O) groups is 2. The number of carbonyl (C=O) groups excluding carboxylic acids is 2. The molecule has 0 bridgehead atoms. The summed E-state index contributed by atoms with van der Waals surface area (Å²) in [6.45, 7) is 1.46. The zero-order valence-electron chi connectivity index (χ0n) is 19.1. The van der Waals surface area contributed by atoms with E-state index >= 15 is 0 Å². The molecule has 0 saturated carbocycles. The lowest BCUT2D eigenvalue weighted by Gasteiger charge is -2.43. The molecule has 1 aromatic heterocycles. The van der Waals surface area contributed by atoms with Crippen molar-refractivity contribution in [2.24, 2.45) is 5.73 Å². The van der Waals surface area contributed by atoms with E-state index < -0.39 is 23.6 Å². The van der Waals surface area contributed by atoms with Gasteiger partial charge in [0.05, 0.1) is 5.56 Å². The Morgan fingerprint density at radius 3 is 2.53 bits per heavy atom. The SMILES string of the molecule is NC=O.Nc1ncnc(N2CCCC(N3CCCC(Nc4cc(Cl)cc(C(F)(F)F)c4)C3=O)C2)c1F. The van der Waals surface area contributed by atoms with Crippen LogP contribution in [0.15, 0.2) is 24.5 Å². The van der Waals surface area contributed by atoms with Gasteiger partial charge in [-0.25, -0.2) is 9.97 Å². The molecule has 14 heteroatoms. The predicted molar refractivity (Wildman–Crippen MR) is 127 cm³/mol. The topological polar surface area (TPSA) is 130 Å². The molecule has 4 rings (SSSR count). The van der Waals surface area contributed by atoms with Gasteiger partial charge >= 0.3 is 6.18 Å². The van der Waals surface area contributed by atoms with Crippen molar-refractivity contribution in [1.82, 2.24) is 14.9 Å². The van der Waals surface area contributed by atoms with Crippen molar-refractivity contribution in [3.8, 4) is 0 Å². The van der Waals surface area contributed by atoms with E-state index in [-0.39, 0.29) is 40.7 Å². The molecule has 36 heavy (non-hydrogen) atoms. The zero-order chi connectivity index (χ0) is 26.5. The molecule has 2 saturated heterocycles. The molecule has 1 aromatic carbocycles. The van der Waals surface area contributed by atoms with Crippen molar-refractivity contribution in [3.63, 3.8) is 0 Å². The number of primary amides is 1. The molecule has 3 heterocycles. The van der Waals surface area contributed by atoms with Gasteiger partial charge in [0.15, 0.2) is 11.6 Å². The third-order valence-electron chi connectivity index (χ3n) is 5.97. The van der Waals surface area contributed by atoms with Crippen LogP contribution in [-0.2, 0) is 15.8 Å². The average Bonchev–Trinajstić information content (AvgIpc) is 2.82. The van der Waals surface area contributed by atoms with E-state index in [9.17, 15) is 22.4 Å². The molecule has 2 aromatic rings. The number of hydrogen-bond donors (Lipinski definition) is 3. The molecule has 2 fully saturated rings. The second-order valence-electron chi connectivity index (χ2n) is 8.37. The van der Waals surface area contributed by atoms with Crippen molar-refractivity contribution in [3.05, 3.63) is 40.9 Å². The van der Waals surface area contributed by atoms with Gasteiger partial charge in [0.2, 0.25) is 18.1 Å². The number of amides is 2. The lowest BCUT2D eigenvalue weighted by molar-refractivity contribution is -0.137. The van der Waals surface area contributed by atoms with E-state index in [2.05, 4.69) is 21.0 Å². The van der Waals surface area contributed by atoms with Gasteiger partial charge < -0.3 is 26.6 Å². The maximum atomic E-state index is 14.4. The third kappa shape index (κ3) is 6.45. The van der Waals surface area contributed by atoms with Crippen LogP contribution in [0.3, 0.4) is 0 Å². The zero-order valence-corrected chi connectivity index (χ0v) is 19.9. The Balaban J connectivity index is 0.00000115. The van der Waals surface area contributed by atoms with Gasteiger partial charge in [-0.1, -0.05) is 11.6 Å². The van der Waals surface area contributed by atoms with Crippen molar-refractivity contribution in [2.45, 2.75) is 43.9 Å². The van der Waals surface area contributed by atoms with Crippen LogP contribution in [-0.4, -0.2) is 58.9 Å². The summed E-state index contributed by atoms with van der Waals surface area (Å²) in [5.74, 6) is -1.03. The summed E-state index contributed by atoms with van der Waals surface area (Å²) < 4.78 is 53.8. The molecule has 9 nitrogen and oxygen atoms in total. The molecule has 2 unspecified atom stereocenters. The Bertz CT molecular complexity index is 1090. The summed E-state index contributed by atoms with van der Waals surface area (Å²) in [7, 11) is 0. The van der Waals surface area contributed by atoms with Crippen LogP contribution >= 0.6 is 11.6 Å². The van der Waals surface area contributed by atoms with Crippen molar-refractivity contribution >= 4 is 41.2 Å². The number of benzene rings is 1. The highest BCUT2D eigenvalue weighted by atomic mass is 35.5. The fourth-order valence-corrected chi connectivity index (χ4v) is 4.66. The lowest BCUT2D eigenvalue weighted by atomic mass is 9.97. The summed E-state index contributed by atoms with van der Waals surface area (Å²) >= 11 is 5.87. The van der Waals surface area contributed by atoms with E-state index in [0.29, 0.717) is 32.5 Å². The van der Waals surface area contributed by atoms with Gasteiger partial charge in [-0.15, -0.1) is 0 Å². The minimum atomic E-state index is -4.55. The Labute approximate surface area is 209 Å². The van der Waals surface area contributed by atoms with E-state index in [1.165, 1.54) is 12.4 Å². The first-order chi connectivity index (χ1) is 17.0. The highest BCUT2D eigenvalue weighted by Gasteiger charge is 2.37. The number of nitrogen functional groups attached to an aromatic ring is 1. The smallest absolute Gasteiger partial charge is 0.381 e. The molecule has 0 aliphatic carbocycles. The standard InChI is InChI=1S/C21H23ClF4N6O.CH3NO/c22-13-7-12(21(24,25)26)8-14(9-13)30-16-4-2-6-32(20(16)33)15-3-1-5-31(10-15)19-17(23)18(27)28-11-29-19;2-1-3/h7-9,11,15-16,30H,1-6,10H2,(H2,27,28,29);1H,(H2,2,3). The van der Waals surface area contributed by atoms with Crippen molar-refractivity contribution in [1.29, 1.82) is 0 Å². The summed E-state index contributed by atoms with van der Waals surface area (Å²) in [6, 6.07) is 2.30. The largest absolute Gasteiger partial charge is 0.416 e. The molecule has 5 N–H and O–H groups in total. The number of nitrogens with one attached hydrogen (secondary N) is 1. The Kier molecular flexibility index (Phi) is 8.77. The summed E-state index contributed by atoms with van der Waals surface area (Å²) in [5.41, 5.74) is 8.98. The van der Waals surface area contributed by atoms with Crippen LogP contribution in [0, 0.1) is 5.82 Å². The second kappa shape index (κ2) is 11.6. The normalized spacial score (nSPS) is 20.4. The summed E-state index contributed by atoms with van der Waals surface area (Å²) in [6.07, 6.45) is -0.484. The van der Waals surface area contributed by atoms with Crippen LogP contribution in [0.5, 0.6) is 0 Å². The van der Waals surface area contributed by atoms with Crippen LogP contribution in [0.2, 0.25) is 5.02 Å². The van der Waals surface area contributed by atoms with Gasteiger partial charge in [-0.3, -0.25) is 9.59 Å². The number of halogens is 5. The highest BCUT2D eigenvalue weighted by Crippen LogP contribution is 2.34. The first-order valence-electron chi connectivity index (χ1n) is 11.2. The molecule has 2 amide bonds. The van der Waals surface area contributed by atoms with Crippen LogP contribution in [0.25, 0.3) is 0 Å². The predicted octanol–water partition coefficient (Wildman–Crippen LogP) is 3.04. The molecular weight excluding hydrogens is 506 g/mol. The fraction of sp³-hybridized carbons (Fsp3) is 0.455. The Morgan fingerprint density at radius 1 is 1.14 bits per heavy atom. The summed E-state index contributed by atoms with van der Waals surface area (Å²) in [5, 5.41) is 2.86. The number of anilines is 3. The molecule has 2 atom stereocenters. The molecule has 2 aliphatic rings. The second-order valence-corrected chi connectivity index (χ2v) is 8.81. The van der Waals surface area contributed by atoms with Gasteiger partial charge in [0, 0.05) is 36.4 Å². The van der Waals surface area contributed by atoms with Crippen LogP contribution in [0.1, 0.15) is 31.2 Å². The number of piperidine rings is 2. The Hall–Kier alpha value is -3.35. The van der Waals surface area contributed by atoms with E-state index in [0.717, 1.165) is 25.0 Å². The molecule has 196 valence electrons. The third-order valence-corrected chi connectivity index (χ3v) is 6.19. The quantitative estimate of drug-likeness (QED) is 0.408. The van der Waals surface area contributed by atoms with E-state index in [1.807, 2.05) is 0 Å². The number of likely N-dealkylation sites (tertiary alicyclic amines) is 1. The van der Waals surface area contributed by atoms with Crippen molar-refractivity contribution < 1.29 is 27.2 Å². The van der Waals surface area contributed by atoms with Gasteiger partial charge in [-0.2, -0.15) is 17.6 Å². The number of nitrogens with two attached hydrogens (primary N) is 2. The Morgan fingerprint density at radius 2 is 1.83 bits per heavy atom. The van der Waals surface area contributed by atoms with Crippen LogP contribution < -0.4 is 21.7 Å². The van der Waals surface area contributed by atoms with Gasteiger partial charge in [-0.05, 0) is 43.9 Å². The van der Waals surface area contributed by atoms with Gasteiger partial charge in [0.25, 0.3) is 0 Å². The number of rotatable bonds is 4. The average molecular weight is 532 g/mol.